The molecule has 0 fully saturated rings. The number of methoxy groups -OCH3 is 2. The molecule has 1 N–H and O–H groups in total. The lowest BCUT2D eigenvalue weighted by molar-refractivity contribution is 0.0955. The summed E-state index contributed by atoms with van der Waals surface area (Å²) in [5.41, 5.74) is 8.14. The largest absolute Gasteiger partial charge is 0.497 e. The van der Waals surface area contributed by atoms with Gasteiger partial charge in [0.1, 0.15) is 11.5 Å². The normalized spacial score (nSPS) is 14.8. The van der Waals surface area contributed by atoms with E-state index in [0.717, 1.165) is 39.2 Å². The van der Waals surface area contributed by atoms with Crippen molar-refractivity contribution in [3.05, 3.63) is 124 Å². The number of nitrogens with one attached hydrogen (secondary N) is 1. The van der Waals surface area contributed by atoms with Crippen LogP contribution in [-0.2, 0) is 0 Å². The van der Waals surface area contributed by atoms with Gasteiger partial charge >= 0.3 is 0 Å². The van der Waals surface area contributed by atoms with Crippen LogP contribution >= 0.6 is 15.9 Å². The van der Waals surface area contributed by atoms with E-state index in [9.17, 15) is 4.79 Å². The second-order valence-corrected chi connectivity index (χ2v) is 9.83. The van der Waals surface area contributed by atoms with Crippen molar-refractivity contribution in [2.45, 2.75) is 12.5 Å². The van der Waals surface area contributed by atoms with E-state index in [0.29, 0.717) is 11.3 Å². The van der Waals surface area contributed by atoms with Gasteiger partial charge in [-0.3, -0.25) is 9.80 Å². The van der Waals surface area contributed by atoms with Gasteiger partial charge < -0.3 is 9.47 Å². The minimum Gasteiger partial charge on any atom is -0.497 e. The number of carbonyl (C=O) groups excluding carboxylic acids is 1. The number of anilines is 1. The van der Waals surface area contributed by atoms with Gasteiger partial charge in [-0.2, -0.15) is 10.2 Å². The van der Waals surface area contributed by atoms with E-state index in [2.05, 4.69) is 55.7 Å². The Bertz CT molecular complexity index is 1480. The van der Waals surface area contributed by atoms with Gasteiger partial charge in [0, 0.05) is 16.5 Å². The average molecular weight is 583 g/mol. The number of amides is 1. The molecule has 4 aromatic carbocycles. The average Bonchev–Trinajstić information content (AvgIpc) is 3.43. The van der Waals surface area contributed by atoms with Crippen molar-refractivity contribution < 1.29 is 14.3 Å². The van der Waals surface area contributed by atoms with Gasteiger partial charge in [0.2, 0.25) is 0 Å². The van der Waals surface area contributed by atoms with Crippen molar-refractivity contribution in [3.8, 4) is 11.5 Å². The molecule has 1 atom stereocenters. The molecule has 1 heterocycles. The van der Waals surface area contributed by atoms with Crippen LogP contribution in [0.1, 0.15) is 39.5 Å². The summed E-state index contributed by atoms with van der Waals surface area (Å²) in [6.07, 6.45) is 2.39. The molecule has 7 nitrogen and oxygen atoms in total. The number of nitrogens with zero attached hydrogens (tertiary/aromatic N) is 3. The van der Waals surface area contributed by atoms with Gasteiger partial charge in [-0.05, 0) is 89.5 Å². The number of carbonyl (C=O) groups is 1. The Morgan fingerprint density at radius 3 is 2.13 bits per heavy atom. The quantitative estimate of drug-likeness (QED) is 0.188. The molecule has 0 aromatic heterocycles. The van der Waals surface area contributed by atoms with Crippen molar-refractivity contribution in [3.63, 3.8) is 0 Å². The lowest BCUT2D eigenvalue weighted by atomic mass is 9.98. The van der Waals surface area contributed by atoms with E-state index < -0.39 is 0 Å². The monoisotopic (exact) mass is 582 g/mol. The highest BCUT2D eigenvalue weighted by Crippen LogP contribution is 2.37. The third-order valence-electron chi connectivity index (χ3n) is 6.48. The molecule has 5 rings (SSSR count). The highest BCUT2D eigenvalue weighted by atomic mass is 79.9. The predicted octanol–water partition coefficient (Wildman–Crippen LogP) is 6.59. The maximum Gasteiger partial charge on any atom is 0.271 e. The van der Waals surface area contributed by atoms with E-state index in [4.69, 9.17) is 14.6 Å². The zero-order valence-corrected chi connectivity index (χ0v) is 23.1. The highest BCUT2D eigenvalue weighted by Gasteiger charge is 2.30. The van der Waals surface area contributed by atoms with E-state index in [1.807, 2.05) is 48.5 Å². The Hall–Kier alpha value is -4.43. The van der Waals surface area contributed by atoms with Crippen LogP contribution in [0.5, 0.6) is 11.5 Å². The van der Waals surface area contributed by atoms with Crippen molar-refractivity contribution in [1.82, 2.24) is 5.43 Å². The third-order valence-corrected chi connectivity index (χ3v) is 7.01. The smallest absolute Gasteiger partial charge is 0.271 e. The topological polar surface area (TPSA) is 75.5 Å². The highest BCUT2D eigenvalue weighted by molar-refractivity contribution is 9.10. The van der Waals surface area contributed by atoms with Crippen LogP contribution in [0.25, 0.3) is 0 Å². The lowest BCUT2D eigenvalue weighted by Crippen LogP contribution is -2.18. The summed E-state index contributed by atoms with van der Waals surface area (Å²) in [6, 6.07) is 31.2. The Morgan fingerprint density at radius 1 is 0.897 bits per heavy atom. The molecule has 0 spiro atoms. The lowest BCUT2D eigenvalue weighted by Gasteiger charge is -2.24. The Balaban J connectivity index is 1.33. The Morgan fingerprint density at radius 2 is 1.51 bits per heavy atom. The second-order valence-electron chi connectivity index (χ2n) is 8.91. The first-order chi connectivity index (χ1) is 19.0. The second kappa shape index (κ2) is 12.0. The molecule has 0 bridgehead atoms. The number of rotatable bonds is 8. The predicted molar refractivity (Wildman–Crippen MR) is 158 cm³/mol. The van der Waals surface area contributed by atoms with Gasteiger partial charge in [0.15, 0.2) is 0 Å². The molecule has 1 aliphatic heterocycles. The fraction of sp³-hybridized carbons (Fsp3) is 0.129. The van der Waals surface area contributed by atoms with Crippen molar-refractivity contribution >= 4 is 39.5 Å². The molecule has 1 amide bonds. The minimum atomic E-state index is -0.291. The number of hydrazone groups is 2. The summed E-state index contributed by atoms with van der Waals surface area (Å²) < 4.78 is 11.5. The van der Waals surface area contributed by atoms with E-state index in [1.165, 1.54) is 5.56 Å². The maximum absolute atomic E-state index is 12.3. The third kappa shape index (κ3) is 6.18. The van der Waals surface area contributed by atoms with Crippen LogP contribution in [0.15, 0.2) is 112 Å². The molecule has 0 unspecified atom stereocenters. The zero-order chi connectivity index (χ0) is 27.2. The number of hydrogen-bond donors (Lipinski definition) is 1. The summed E-state index contributed by atoms with van der Waals surface area (Å²) in [4.78, 5) is 12.3. The summed E-state index contributed by atoms with van der Waals surface area (Å²) in [5, 5.41) is 11.2. The first kappa shape index (κ1) is 26.2. The van der Waals surface area contributed by atoms with Crippen molar-refractivity contribution in [2.75, 3.05) is 19.2 Å². The number of hydrogen-bond acceptors (Lipinski definition) is 6. The van der Waals surface area contributed by atoms with Gasteiger partial charge in [-0.1, -0.05) is 40.2 Å². The van der Waals surface area contributed by atoms with Crippen LogP contribution in [0.4, 0.5) is 5.69 Å². The van der Waals surface area contributed by atoms with Crippen LogP contribution in [0.3, 0.4) is 0 Å². The molecular weight excluding hydrogens is 556 g/mol. The number of halogens is 1. The van der Waals surface area contributed by atoms with Gasteiger partial charge in [-0.15, -0.1) is 0 Å². The van der Waals surface area contributed by atoms with Gasteiger partial charge in [0.25, 0.3) is 5.91 Å². The molecule has 0 radical (unpaired) electrons. The molecule has 0 saturated heterocycles. The van der Waals surface area contributed by atoms with E-state index >= 15 is 0 Å². The SMILES string of the molecule is COc1ccc(C(=O)N/N=C\c2ccc(N3N=C(c4ccc(OC)cc4)C[C@@H]3c3ccc(Br)cc3)cc2)cc1. The van der Waals surface area contributed by atoms with Crippen LogP contribution < -0.4 is 19.9 Å². The van der Waals surface area contributed by atoms with Gasteiger partial charge in [0.05, 0.1) is 37.9 Å². The molecule has 39 heavy (non-hydrogen) atoms. The van der Waals surface area contributed by atoms with Gasteiger partial charge in [-0.25, -0.2) is 5.43 Å². The minimum absolute atomic E-state index is 0.0542. The fourth-order valence-electron chi connectivity index (χ4n) is 4.34. The summed E-state index contributed by atoms with van der Waals surface area (Å²) >= 11 is 3.53. The van der Waals surface area contributed by atoms with E-state index in [-0.39, 0.29) is 11.9 Å². The number of benzene rings is 4. The molecule has 0 saturated carbocycles. The fourth-order valence-corrected chi connectivity index (χ4v) is 4.60. The molecule has 8 heteroatoms. The Kier molecular flexibility index (Phi) is 8.03. The standard InChI is InChI=1S/C31H27BrN4O3/c1-38-27-15-7-22(8-16-27)29-19-30(23-5-11-25(32)12-6-23)36(35-29)26-13-3-21(4-14-26)20-33-34-31(37)24-9-17-28(39-2)18-10-24/h3-18,20,30H,19H2,1-2H3,(H,34,37)/b33-20-/t30-/m1/s1. The van der Waals surface area contributed by atoms with E-state index in [1.54, 1.807) is 44.7 Å². The molecular formula is C31H27BrN4O3. The summed E-state index contributed by atoms with van der Waals surface area (Å²) in [7, 11) is 3.25. The first-order valence-corrected chi connectivity index (χ1v) is 13.2. The molecule has 4 aromatic rings. The van der Waals surface area contributed by atoms with Crippen molar-refractivity contribution in [1.29, 1.82) is 0 Å². The molecule has 196 valence electrons. The maximum atomic E-state index is 12.3. The van der Waals surface area contributed by atoms with Crippen LogP contribution in [-0.4, -0.2) is 32.1 Å². The van der Waals surface area contributed by atoms with Crippen LogP contribution in [0.2, 0.25) is 0 Å². The summed E-state index contributed by atoms with van der Waals surface area (Å²) in [5.74, 6) is 1.22. The zero-order valence-electron chi connectivity index (χ0n) is 21.5. The molecule has 0 aliphatic carbocycles. The Labute approximate surface area is 235 Å². The molecule has 1 aliphatic rings. The van der Waals surface area contributed by atoms with Crippen molar-refractivity contribution in [2.24, 2.45) is 10.2 Å². The number of ether oxygens (including phenoxy) is 2. The van der Waals surface area contributed by atoms with Crippen LogP contribution in [0, 0.1) is 0 Å². The first-order valence-electron chi connectivity index (χ1n) is 12.4. The summed E-state index contributed by atoms with van der Waals surface area (Å²) in [6.45, 7) is 0.